The molecule has 10 nitrogen and oxygen atoms in total. The molecular formula is C30H31FN7O3+. The number of rotatable bonds is 7. The predicted molar refractivity (Wildman–Crippen MR) is 149 cm³/mol. The van der Waals surface area contributed by atoms with Crippen LogP contribution in [0.4, 0.5) is 10.2 Å². The summed E-state index contributed by atoms with van der Waals surface area (Å²) >= 11 is 0. The van der Waals surface area contributed by atoms with E-state index in [-0.39, 0.29) is 29.7 Å². The number of piperidine rings is 1. The third-order valence-corrected chi connectivity index (χ3v) is 7.08. The number of imidazole rings is 1. The highest BCUT2D eigenvalue weighted by molar-refractivity contribution is 5.97. The van der Waals surface area contributed by atoms with E-state index < -0.39 is 17.1 Å². The Hall–Kier alpha value is -4.82. The van der Waals surface area contributed by atoms with Crippen LogP contribution < -0.4 is 15.0 Å². The molecule has 210 valence electrons. The van der Waals surface area contributed by atoms with Crippen LogP contribution in [-0.2, 0) is 4.79 Å². The second-order valence-electron chi connectivity index (χ2n) is 10.7. The Bertz CT molecular complexity index is 1660. The summed E-state index contributed by atoms with van der Waals surface area (Å²) in [6, 6.07) is 15.5. The van der Waals surface area contributed by atoms with E-state index in [1.54, 1.807) is 53.9 Å². The van der Waals surface area contributed by atoms with Crippen LogP contribution in [0, 0.1) is 22.6 Å². The second kappa shape index (κ2) is 11.3. The third-order valence-electron chi connectivity index (χ3n) is 7.08. The zero-order valence-electron chi connectivity index (χ0n) is 22.9. The van der Waals surface area contributed by atoms with Gasteiger partial charge in [-0.3, -0.25) is 4.79 Å². The first-order valence-electron chi connectivity index (χ1n) is 13.3. The van der Waals surface area contributed by atoms with Crippen molar-refractivity contribution in [2.45, 2.75) is 32.7 Å². The Morgan fingerprint density at radius 1 is 1.27 bits per heavy atom. The largest absolute Gasteiger partial charge is 0.457 e. The van der Waals surface area contributed by atoms with Gasteiger partial charge in [-0.2, -0.15) is 10.2 Å². The minimum absolute atomic E-state index is 0.0106. The molecule has 3 N–H and O–H groups in total. The van der Waals surface area contributed by atoms with E-state index in [1.165, 1.54) is 18.5 Å². The van der Waals surface area contributed by atoms with Crippen molar-refractivity contribution in [3.63, 3.8) is 0 Å². The van der Waals surface area contributed by atoms with Gasteiger partial charge in [-0.25, -0.2) is 13.5 Å². The normalized spacial score (nSPS) is 16.0. The molecule has 1 aliphatic rings. The number of benzene rings is 2. The summed E-state index contributed by atoms with van der Waals surface area (Å²) in [5.41, 5.74) is 6.72. The molecule has 1 amide bonds. The van der Waals surface area contributed by atoms with Crippen molar-refractivity contribution in [2.75, 3.05) is 25.4 Å². The van der Waals surface area contributed by atoms with Crippen molar-refractivity contribution in [3.05, 3.63) is 78.7 Å². The third kappa shape index (κ3) is 5.73. The second-order valence-corrected chi connectivity index (χ2v) is 10.7. The Labute approximate surface area is 236 Å². The van der Waals surface area contributed by atoms with Crippen LogP contribution in [0.1, 0.15) is 32.7 Å². The first-order chi connectivity index (χ1) is 19.7. The number of fused-ring (bicyclic) bond motifs is 1. The number of nitriles is 1. The number of anilines is 1. The van der Waals surface area contributed by atoms with Gasteiger partial charge in [0.05, 0.1) is 19.2 Å². The first-order valence-corrected chi connectivity index (χ1v) is 13.3. The summed E-state index contributed by atoms with van der Waals surface area (Å²) < 4.78 is 24.8. The molecule has 2 aromatic heterocycles. The van der Waals surface area contributed by atoms with Gasteiger partial charge in [0.25, 0.3) is 5.91 Å². The van der Waals surface area contributed by atoms with Gasteiger partial charge >= 0.3 is 5.65 Å². The highest BCUT2D eigenvalue weighted by Crippen LogP contribution is 2.29. The average molecular weight is 557 g/mol. The number of aromatic nitrogens is 4. The number of amides is 1. The molecule has 1 aliphatic heterocycles. The van der Waals surface area contributed by atoms with Crippen molar-refractivity contribution in [2.24, 2.45) is 5.41 Å². The lowest BCUT2D eigenvalue weighted by Gasteiger charge is -2.31. The summed E-state index contributed by atoms with van der Waals surface area (Å²) in [6.45, 7) is 4.12. The Morgan fingerprint density at radius 2 is 2.05 bits per heavy atom. The SMILES string of the molecule is CC(C)(/C=C(\C#N)C(=O)N1CCC[C@@H]([n+]2cn(-c3ccc(Oc4ccccc4)cc3F)c3c(N)ncnc32)C1)CO. The summed E-state index contributed by atoms with van der Waals surface area (Å²) in [6.07, 6.45) is 6.02. The monoisotopic (exact) mass is 556 g/mol. The molecule has 41 heavy (non-hydrogen) atoms. The van der Waals surface area contributed by atoms with Crippen molar-refractivity contribution < 1.29 is 23.6 Å². The molecule has 4 aromatic rings. The molecule has 1 atom stereocenters. The van der Waals surface area contributed by atoms with E-state index in [9.17, 15) is 15.2 Å². The number of aliphatic hydroxyl groups excluding tert-OH is 1. The van der Waals surface area contributed by atoms with E-state index in [4.69, 9.17) is 10.5 Å². The summed E-state index contributed by atoms with van der Waals surface area (Å²) in [4.78, 5) is 23.5. The maximum Gasteiger partial charge on any atom is 0.308 e. The van der Waals surface area contributed by atoms with Crippen molar-refractivity contribution in [3.8, 4) is 23.3 Å². The molecule has 0 unspecified atom stereocenters. The van der Waals surface area contributed by atoms with Gasteiger partial charge < -0.3 is 20.5 Å². The molecule has 0 bridgehead atoms. The molecule has 1 fully saturated rings. The van der Waals surface area contributed by atoms with Crippen molar-refractivity contribution in [1.82, 2.24) is 19.4 Å². The van der Waals surface area contributed by atoms with Crippen LogP contribution in [0.2, 0.25) is 0 Å². The molecular weight excluding hydrogens is 525 g/mol. The van der Waals surface area contributed by atoms with Gasteiger partial charge in [0.15, 0.2) is 24.3 Å². The zero-order chi connectivity index (χ0) is 29.1. The lowest BCUT2D eigenvalue weighted by molar-refractivity contribution is -0.702. The lowest BCUT2D eigenvalue weighted by atomic mass is 9.91. The number of para-hydroxylation sites is 1. The van der Waals surface area contributed by atoms with Gasteiger partial charge in [-0.15, -0.1) is 0 Å². The quantitative estimate of drug-likeness (QED) is 0.201. The molecule has 2 aromatic carbocycles. The molecule has 3 heterocycles. The molecule has 11 heteroatoms. The topological polar surface area (TPSA) is 134 Å². The molecule has 0 spiro atoms. The van der Waals surface area contributed by atoms with Crippen LogP contribution in [0.25, 0.3) is 16.9 Å². The van der Waals surface area contributed by atoms with E-state index in [0.29, 0.717) is 42.2 Å². The smallest absolute Gasteiger partial charge is 0.308 e. The summed E-state index contributed by atoms with van der Waals surface area (Å²) in [7, 11) is 0. The highest BCUT2D eigenvalue weighted by Gasteiger charge is 2.33. The fourth-order valence-electron chi connectivity index (χ4n) is 4.98. The van der Waals surface area contributed by atoms with Gasteiger partial charge in [-0.05, 0) is 37.1 Å². The van der Waals surface area contributed by atoms with Crippen LogP contribution in [0.3, 0.4) is 0 Å². The molecule has 5 rings (SSSR count). The number of nitrogens with zero attached hydrogens (tertiary/aromatic N) is 6. The Kier molecular flexibility index (Phi) is 7.68. The molecule has 1 saturated heterocycles. The summed E-state index contributed by atoms with van der Waals surface area (Å²) in [5, 5.41) is 19.3. The number of hydrogen-bond acceptors (Lipinski definition) is 7. The van der Waals surface area contributed by atoms with Crippen molar-refractivity contribution >= 4 is 22.9 Å². The number of aliphatic hydroxyl groups is 1. The van der Waals surface area contributed by atoms with Crippen molar-refractivity contribution in [1.29, 1.82) is 5.26 Å². The number of carbonyl (C=O) groups excluding carboxylic acids is 1. The van der Waals surface area contributed by atoms with Gasteiger partial charge in [0, 0.05) is 18.0 Å². The van der Waals surface area contributed by atoms with Gasteiger partial charge in [0.2, 0.25) is 5.52 Å². The standard InChI is InChI=1S/C30H31FN7O3/c1-30(2,17-39)14-20(15-32)29(40)36-12-6-7-21(16-36)37-19-38(26-27(33)34-18-35-28(26)37)25-11-10-23(13-24(25)31)41-22-8-4-3-5-9-22/h3-5,8-11,13-14,18-19,21,39H,6-7,12,16-17H2,1-2H3,(H2,33,34,35)/q+1/b20-14+/t21-/m1/s1. The van der Waals surface area contributed by atoms with E-state index in [1.807, 2.05) is 28.8 Å². The maximum atomic E-state index is 15.5. The van der Waals surface area contributed by atoms with E-state index in [0.717, 1.165) is 6.42 Å². The first kappa shape index (κ1) is 27.7. The van der Waals surface area contributed by atoms with Crippen LogP contribution >= 0.6 is 0 Å². The van der Waals surface area contributed by atoms with Crippen LogP contribution in [0.5, 0.6) is 11.5 Å². The van der Waals surface area contributed by atoms with Gasteiger partial charge in [0.1, 0.15) is 28.8 Å². The van der Waals surface area contributed by atoms with E-state index >= 15 is 4.39 Å². The van der Waals surface area contributed by atoms with Crippen LogP contribution in [0.15, 0.2) is 72.8 Å². The fourth-order valence-corrected chi connectivity index (χ4v) is 4.98. The number of nitrogens with two attached hydrogens (primary N) is 1. The molecule has 0 radical (unpaired) electrons. The molecule has 0 saturated carbocycles. The number of halogens is 1. The van der Waals surface area contributed by atoms with E-state index in [2.05, 4.69) is 9.97 Å². The lowest BCUT2D eigenvalue weighted by Crippen LogP contribution is -2.50. The minimum atomic E-state index is -0.710. The zero-order valence-corrected chi connectivity index (χ0v) is 22.9. The molecule has 0 aliphatic carbocycles. The Morgan fingerprint density at radius 3 is 2.76 bits per heavy atom. The number of hydrogen-bond donors (Lipinski definition) is 2. The number of ether oxygens (including phenoxy) is 1. The van der Waals surface area contributed by atoms with Gasteiger partial charge in [-0.1, -0.05) is 43.1 Å². The average Bonchev–Trinajstić information content (AvgIpc) is 3.37. The fraction of sp³-hybridized carbons (Fsp3) is 0.300. The number of nitrogen functional groups attached to an aromatic ring is 1. The highest BCUT2D eigenvalue weighted by atomic mass is 19.1. The number of carbonyl (C=O) groups is 1. The Balaban J connectivity index is 1.48. The number of likely N-dealkylation sites (tertiary alicyclic amines) is 1. The summed E-state index contributed by atoms with van der Waals surface area (Å²) in [5.74, 6) is 0.201. The predicted octanol–water partition coefficient (Wildman–Crippen LogP) is 3.85. The maximum absolute atomic E-state index is 15.5. The van der Waals surface area contributed by atoms with Crippen LogP contribution in [-0.4, -0.2) is 50.1 Å². The minimum Gasteiger partial charge on any atom is -0.457 e.